The first kappa shape index (κ1) is 14.9. The van der Waals surface area contributed by atoms with E-state index in [0.717, 1.165) is 5.56 Å². The molecule has 0 aliphatic rings. The van der Waals surface area contributed by atoms with E-state index in [4.69, 9.17) is 15.1 Å². The van der Waals surface area contributed by atoms with E-state index in [0.29, 0.717) is 5.52 Å². The van der Waals surface area contributed by atoms with Crippen molar-refractivity contribution in [1.82, 2.24) is 4.57 Å². The normalized spacial score (nSPS) is 13.4. The Morgan fingerprint density at radius 2 is 1.82 bits per heavy atom. The zero-order valence-corrected chi connectivity index (χ0v) is 13.1. The number of aromatic nitrogens is 1. The van der Waals surface area contributed by atoms with Crippen LogP contribution in [0.25, 0.3) is 11.1 Å². The maximum absolute atomic E-state index is 12.1. The van der Waals surface area contributed by atoms with E-state index in [-0.39, 0.29) is 16.5 Å². The Labute approximate surface area is 131 Å². The minimum atomic E-state index is -3.87. The van der Waals surface area contributed by atoms with E-state index in [9.17, 15) is 13.2 Å². The first-order valence-corrected chi connectivity index (χ1v) is 8.83. The Bertz CT molecular complexity index is 989. The molecule has 114 valence electrons. The highest BCUT2D eigenvalue weighted by atomic mass is 35.7. The maximum Gasteiger partial charge on any atom is 0.420 e. The minimum absolute atomic E-state index is 0.102. The van der Waals surface area contributed by atoms with E-state index >= 15 is 0 Å². The summed E-state index contributed by atoms with van der Waals surface area (Å²) in [4.78, 5) is 12.0. The van der Waals surface area contributed by atoms with Gasteiger partial charge in [0.05, 0.1) is 16.5 Å². The van der Waals surface area contributed by atoms with Gasteiger partial charge in [-0.25, -0.2) is 13.2 Å². The molecule has 5 nitrogen and oxygen atoms in total. The summed E-state index contributed by atoms with van der Waals surface area (Å²) < 4.78 is 29.4. The van der Waals surface area contributed by atoms with Crippen LogP contribution in [0.5, 0.6) is 0 Å². The summed E-state index contributed by atoms with van der Waals surface area (Å²) in [7, 11) is 1.44. The van der Waals surface area contributed by atoms with E-state index < -0.39 is 14.8 Å². The third-order valence-corrected chi connectivity index (χ3v) is 4.89. The van der Waals surface area contributed by atoms with Crippen molar-refractivity contribution in [3.8, 4) is 0 Å². The zero-order valence-electron chi connectivity index (χ0n) is 11.6. The molecule has 7 heteroatoms. The van der Waals surface area contributed by atoms with Gasteiger partial charge in [-0.2, -0.15) is 0 Å². The maximum atomic E-state index is 12.1. The van der Waals surface area contributed by atoms with Crippen molar-refractivity contribution in [1.29, 1.82) is 0 Å². The van der Waals surface area contributed by atoms with Crippen molar-refractivity contribution < 1.29 is 12.8 Å². The van der Waals surface area contributed by atoms with E-state index in [1.807, 2.05) is 37.3 Å². The molecule has 0 saturated carbocycles. The molecule has 0 aliphatic heterocycles. The number of hydrogen-bond donors (Lipinski definition) is 0. The fourth-order valence-corrected chi connectivity index (χ4v) is 3.18. The van der Waals surface area contributed by atoms with Gasteiger partial charge >= 0.3 is 5.76 Å². The average molecular weight is 338 g/mol. The number of fused-ring (bicyclic) bond motifs is 1. The largest absolute Gasteiger partial charge is 0.420 e. The van der Waals surface area contributed by atoms with Gasteiger partial charge in [0.1, 0.15) is 0 Å². The molecule has 3 aromatic rings. The van der Waals surface area contributed by atoms with Crippen LogP contribution in [-0.2, 0) is 9.05 Å². The van der Waals surface area contributed by atoms with Crippen molar-refractivity contribution in [2.24, 2.45) is 0 Å². The summed E-state index contributed by atoms with van der Waals surface area (Å²) >= 11 is 0. The Morgan fingerprint density at radius 1 is 1.14 bits per heavy atom. The van der Waals surface area contributed by atoms with E-state index in [1.165, 1.54) is 22.8 Å². The molecule has 0 radical (unpaired) electrons. The monoisotopic (exact) mass is 337 g/mol. The lowest BCUT2D eigenvalue weighted by atomic mass is 10.1. The molecule has 1 heterocycles. The van der Waals surface area contributed by atoms with Gasteiger partial charge in [-0.05, 0) is 24.6 Å². The molecule has 1 unspecified atom stereocenters. The number of nitrogens with zero attached hydrogens (tertiary/aromatic N) is 1. The molecule has 22 heavy (non-hydrogen) atoms. The minimum Gasteiger partial charge on any atom is -0.408 e. The van der Waals surface area contributed by atoms with Crippen LogP contribution < -0.4 is 5.76 Å². The Balaban J connectivity index is 2.19. The van der Waals surface area contributed by atoms with Crippen LogP contribution in [0.2, 0.25) is 0 Å². The second kappa shape index (κ2) is 5.30. The summed E-state index contributed by atoms with van der Waals surface area (Å²) in [5.74, 6) is -0.546. The quantitative estimate of drug-likeness (QED) is 0.688. The topological polar surface area (TPSA) is 69.3 Å². The van der Waals surface area contributed by atoms with Crippen molar-refractivity contribution >= 4 is 30.8 Å². The molecule has 0 amide bonds. The lowest BCUT2D eigenvalue weighted by Gasteiger charge is -2.12. The number of oxazole rings is 1. The first-order valence-electron chi connectivity index (χ1n) is 6.52. The van der Waals surface area contributed by atoms with Crippen molar-refractivity contribution in [3.05, 3.63) is 64.6 Å². The fraction of sp³-hybridized carbons (Fsp3) is 0.133. The van der Waals surface area contributed by atoms with Crippen LogP contribution in [0.4, 0.5) is 0 Å². The lowest BCUT2D eigenvalue weighted by molar-refractivity contribution is 0.489. The van der Waals surface area contributed by atoms with Crippen LogP contribution in [0, 0.1) is 0 Å². The molecule has 1 aromatic heterocycles. The van der Waals surface area contributed by atoms with Gasteiger partial charge in [-0.3, -0.25) is 4.57 Å². The van der Waals surface area contributed by atoms with E-state index in [2.05, 4.69) is 0 Å². The molecule has 0 fully saturated rings. The third-order valence-electron chi connectivity index (χ3n) is 3.54. The van der Waals surface area contributed by atoms with Crippen LogP contribution in [0.1, 0.15) is 18.5 Å². The number of benzene rings is 2. The van der Waals surface area contributed by atoms with Gasteiger partial charge in [0.25, 0.3) is 9.05 Å². The summed E-state index contributed by atoms with van der Waals surface area (Å²) in [5.41, 5.74) is 1.65. The molecule has 3 rings (SSSR count). The van der Waals surface area contributed by atoms with Crippen molar-refractivity contribution in [3.63, 3.8) is 0 Å². The smallest absolute Gasteiger partial charge is 0.408 e. The summed E-state index contributed by atoms with van der Waals surface area (Å²) in [5, 5.41) is 0. The number of rotatable bonds is 3. The number of halogens is 1. The molecule has 0 spiro atoms. The average Bonchev–Trinajstić information content (AvgIpc) is 2.81. The van der Waals surface area contributed by atoms with Crippen LogP contribution in [-0.4, -0.2) is 13.0 Å². The molecular formula is C15H12ClNO4S. The van der Waals surface area contributed by atoms with Gasteiger partial charge in [0.15, 0.2) is 5.58 Å². The van der Waals surface area contributed by atoms with Gasteiger partial charge in [-0.15, -0.1) is 0 Å². The fourth-order valence-electron chi connectivity index (χ4n) is 2.42. The van der Waals surface area contributed by atoms with Crippen molar-refractivity contribution in [2.45, 2.75) is 17.9 Å². The van der Waals surface area contributed by atoms with Gasteiger partial charge in [0.2, 0.25) is 0 Å². The van der Waals surface area contributed by atoms with Gasteiger partial charge in [0, 0.05) is 16.7 Å². The third kappa shape index (κ3) is 2.55. The Kier molecular flexibility index (Phi) is 3.58. The first-order chi connectivity index (χ1) is 10.4. The number of hydrogen-bond acceptors (Lipinski definition) is 4. The predicted octanol–water partition coefficient (Wildman–Crippen LogP) is 3.13. The van der Waals surface area contributed by atoms with Crippen LogP contribution >= 0.6 is 10.7 Å². The highest BCUT2D eigenvalue weighted by Crippen LogP contribution is 2.25. The Morgan fingerprint density at radius 3 is 2.45 bits per heavy atom. The summed E-state index contributed by atoms with van der Waals surface area (Å²) in [6.45, 7) is 1.87. The molecule has 0 bridgehead atoms. The molecule has 0 saturated heterocycles. The highest BCUT2D eigenvalue weighted by molar-refractivity contribution is 8.13. The second-order valence-corrected chi connectivity index (χ2v) is 7.46. The van der Waals surface area contributed by atoms with Crippen LogP contribution in [0.15, 0.2) is 62.6 Å². The van der Waals surface area contributed by atoms with Gasteiger partial charge in [-0.1, -0.05) is 30.3 Å². The summed E-state index contributed by atoms with van der Waals surface area (Å²) in [6.07, 6.45) is 0. The van der Waals surface area contributed by atoms with E-state index in [1.54, 1.807) is 0 Å². The van der Waals surface area contributed by atoms with Crippen LogP contribution in [0.3, 0.4) is 0 Å². The van der Waals surface area contributed by atoms with Crippen molar-refractivity contribution in [2.75, 3.05) is 0 Å². The molecule has 0 aliphatic carbocycles. The predicted molar refractivity (Wildman–Crippen MR) is 83.8 cm³/mol. The second-order valence-electron chi connectivity index (χ2n) is 4.89. The SMILES string of the molecule is CC(c1ccccc1)n1c(=O)oc2cc(S(=O)(=O)Cl)ccc21. The molecule has 2 aromatic carbocycles. The molecule has 1 atom stereocenters. The standard InChI is InChI=1S/C15H12ClNO4S/c1-10(11-5-3-2-4-6-11)17-13-8-7-12(22(16,19)20)9-14(13)21-15(17)18/h2-10H,1H3. The summed E-state index contributed by atoms with van der Waals surface area (Å²) in [6, 6.07) is 13.4. The molecular weight excluding hydrogens is 326 g/mol. The zero-order chi connectivity index (χ0) is 15.9. The van der Waals surface area contributed by atoms with Gasteiger partial charge < -0.3 is 4.42 Å². The lowest BCUT2D eigenvalue weighted by Crippen LogP contribution is -2.19. The highest BCUT2D eigenvalue weighted by Gasteiger charge is 2.19. The Hall–Kier alpha value is -2.05. The molecule has 0 N–H and O–H groups in total.